The van der Waals surface area contributed by atoms with Crippen LogP contribution < -0.4 is 4.74 Å². The number of benzene rings is 1. The second-order valence-electron chi connectivity index (χ2n) is 5.40. The number of halogens is 1. The number of aryl methyl sites for hydroxylation is 1. The summed E-state index contributed by atoms with van der Waals surface area (Å²) >= 11 is 3.78. The largest absolute Gasteiger partial charge is 0.496 e. The summed E-state index contributed by atoms with van der Waals surface area (Å²) in [6.07, 6.45) is 7.11. The third-order valence-electron chi connectivity index (χ3n) is 4.02. The summed E-state index contributed by atoms with van der Waals surface area (Å²) in [6.45, 7) is 0. The van der Waals surface area contributed by atoms with Crippen LogP contribution in [0, 0.1) is 16.0 Å². The second-order valence-corrected chi connectivity index (χ2v) is 6.57. The van der Waals surface area contributed by atoms with E-state index in [1.807, 2.05) is 6.07 Å². The molecular formula is C15H20BrNO3. The highest BCUT2D eigenvalue weighted by molar-refractivity contribution is 9.09. The van der Waals surface area contributed by atoms with Gasteiger partial charge in [0.05, 0.1) is 18.1 Å². The van der Waals surface area contributed by atoms with Gasteiger partial charge in [-0.3, -0.25) is 10.1 Å². The summed E-state index contributed by atoms with van der Waals surface area (Å²) in [5.41, 5.74) is 1.07. The lowest BCUT2D eigenvalue weighted by Crippen LogP contribution is -2.11. The van der Waals surface area contributed by atoms with E-state index < -0.39 is 0 Å². The Morgan fingerprint density at radius 3 is 2.70 bits per heavy atom. The van der Waals surface area contributed by atoms with E-state index in [0.29, 0.717) is 10.6 Å². The Morgan fingerprint density at radius 1 is 1.40 bits per heavy atom. The predicted octanol–water partition coefficient (Wildman–Crippen LogP) is 4.49. The number of nitro benzene ring substituents is 1. The van der Waals surface area contributed by atoms with Crippen molar-refractivity contribution in [3.63, 3.8) is 0 Å². The van der Waals surface area contributed by atoms with E-state index >= 15 is 0 Å². The number of hydrogen-bond donors (Lipinski definition) is 0. The lowest BCUT2D eigenvalue weighted by atomic mass is 9.98. The zero-order valence-electron chi connectivity index (χ0n) is 11.7. The van der Waals surface area contributed by atoms with E-state index in [1.54, 1.807) is 6.07 Å². The highest BCUT2D eigenvalue weighted by atomic mass is 79.9. The Hall–Kier alpha value is -1.10. The number of nitro groups is 1. The summed E-state index contributed by atoms with van der Waals surface area (Å²) < 4.78 is 5.14. The first-order chi connectivity index (χ1) is 9.60. The van der Waals surface area contributed by atoms with Crippen LogP contribution in [0.25, 0.3) is 0 Å². The molecule has 1 saturated carbocycles. The van der Waals surface area contributed by atoms with Crippen molar-refractivity contribution < 1.29 is 9.66 Å². The van der Waals surface area contributed by atoms with Crippen LogP contribution in [0.4, 0.5) is 5.69 Å². The predicted molar refractivity (Wildman–Crippen MR) is 82.6 cm³/mol. The average molecular weight is 342 g/mol. The molecule has 0 bridgehead atoms. The molecule has 1 aromatic carbocycles. The molecule has 1 atom stereocenters. The van der Waals surface area contributed by atoms with Crippen molar-refractivity contribution in [1.29, 1.82) is 0 Å². The van der Waals surface area contributed by atoms with Crippen LogP contribution in [0.15, 0.2) is 18.2 Å². The molecule has 1 fully saturated rings. The molecule has 5 heteroatoms. The maximum absolute atomic E-state index is 10.9. The molecule has 0 aliphatic heterocycles. The fourth-order valence-corrected chi connectivity index (χ4v) is 3.63. The smallest absolute Gasteiger partial charge is 0.273 e. The molecule has 0 N–H and O–H groups in total. The van der Waals surface area contributed by atoms with Gasteiger partial charge in [0.25, 0.3) is 5.69 Å². The van der Waals surface area contributed by atoms with E-state index in [2.05, 4.69) is 15.9 Å². The summed E-state index contributed by atoms with van der Waals surface area (Å²) in [5.74, 6) is 1.32. The van der Waals surface area contributed by atoms with Gasteiger partial charge in [-0.1, -0.05) is 28.8 Å². The fraction of sp³-hybridized carbons (Fsp3) is 0.600. The Balaban J connectivity index is 2.00. The number of hydrogen-bond acceptors (Lipinski definition) is 3. The molecule has 4 nitrogen and oxygen atoms in total. The van der Waals surface area contributed by atoms with Gasteiger partial charge < -0.3 is 4.74 Å². The van der Waals surface area contributed by atoms with Crippen molar-refractivity contribution in [2.45, 2.75) is 43.4 Å². The summed E-state index contributed by atoms with van der Waals surface area (Å²) in [5, 5.41) is 10.9. The van der Waals surface area contributed by atoms with E-state index in [9.17, 15) is 10.1 Å². The molecule has 1 aromatic rings. The molecule has 0 aromatic heterocycles. The van der Waals surface area contributed by atoms with Gasteiger partial charge >= 0.3 is 0 Å². The number of alkyl halides is 1. The normalized spacial score (nSPS) is 17.1. The fourth-order valence-electron chi connectivity index (χ4n) is 2.87. The lowest BCUT2D eigenvalue weighted by Gasteiger charge is -2.16. The third kappa shape index (κ3) is 3.95. The van der Waals surface area contributed by atoms with Gasteiger partial charge in [-0.15, -0.1) is 0 Å². The molecule has 20 heavy (non-hydrogen) atoms. The first-order valence-electron chi connectivity index (χ1n) is 7.06. The number of methoxy groups -OCH3 is 1. The molecule has 0 saturated heterocycles. The molecule has 1 aliphatic rings. The van der Waals surface area contributed by atoms with Gasteiger partial charge in [-0.25, -0.2) is 0 Å². The molecule has 110 valence electrons. The van der Waals surface area contributed by atoms with Crippen molar-refractivity contribution in [1.82, 2.24) is 0 Å². The molecular weight excluding hydrogens is 322 g/mol. The number of nitrogens with zero attached hydrogens (tertiary/aromatic N) is 1. The Morgan fingerprint density at radius 2 is 2.10 bits per heavy atom. The lowest BCUT2D eigenvalue weighted by molar-refractivity contribution is -0.385. The van der Waals surface area contributed by atoms with E-state index in [4.69, 9.17) is 4.74 Å². The van der Waals surface area contributed by atoms with Crippen molar-refractivity contribution in [3.8, 4) is 5.75 Å². The third-order valence-corrected chi connectivity index (χ3v) is 5.22. The van der Waals surface area contributed by atoms with E-state index in [-0.39, 0.29) is 10.6 Å². The zero-order valence-corrected chi connectivity index (χ0v) is 13.3. The second kappa shape index (κ2) is 7.07. The summed E-state index contributed by atoms with van der Waals surface area (Å²) in [4.78, 5) is 11.1. The first kappa shape index (κ1) is 15.3. The molecule has 0 radical (unpaired) electrons. The van der Waals surface area contributed by atoms with E-state index in [1.165, 1.54) is 38.9 Å². The van der Waals surface area contributed by atoms with Gasteiger partial charge in [0.1, 0.15) is 5.75 Å². The SMILES string of the molecule is COc1cc(CCC(Br)C2CCCC2)cc([N+](=O)[O-])c1. The highest BCUT2D eigenvalue weighted by Crippen LogP contribution is 2.34. The standard InChI is InChI=1S/C15H20BrNO3/c1-20-14-9-11(8-13(10-14)17(18)19)6-7-15(16)12-4-2-3-5-12/h8-10,12,15H,2-7H2,1H3. The monoisotopic (exact) mass is 341 g/mol. The Kier molecular flexibility index (Phi) is 5.40. The van der Waals surface area contributed by atoms with Crippen molar-refractivity contribution in [2.75, 3.05) is 7.11 Å². The van der Waals surface area contributed by atoms with Crippen LogP contribution in [0.5, 0.6) is 5.75 Å². The van der Waals surface area contributed by atoms with Crippen LogP contribution in [0.1, 0.15) is 37.7 Å². The number of rotatable bonds is 6. The molecule has 0 amide bonds. The van der Waals surface area contributed by atoms with Crippen LogP contribution >= 0.6 is 15.9 Å². The quantitative estimate of drug-likeness (QED) is 0.435. The molecule has 1 aliphatic carbocycles. The van der Waals surface area contributed by atoms with Gasteiger partial charge in [-0.2, -0.15) is 0 Å². The molecule has 2 rings (SSSR count). The maximum atomic E-state index is 10.9. The van der Waals surface area contributed by atoms with Gasteiger partial charge in [0, 0.05) is 10.9 Å². The average Bonchev–Trinajstić information content (AvgIpc) is 2.98. The van der Waals surface area contributed by atoms with E-state index in [0.717, 1.165) is 24.3 Å². The molecule has 0 spiro atoms. The topological polar surface area (TPSA) is 52.4 Å². The van der Waals surface area contributed by atoms with Crippen LogP contribution in [-0.4, -0.2) is 16.9 Å². The van der Waals surface area contributed by atoms with Gasteiger partial charge in [0.15, 0.2) is 0 Å². The minimum atomic E-state index is -0.366. The maximum Gasteiger partial charge on any atom is 0.273 e. The Bertz CT molecular complexity index is 472. The van der Waals surface area contributed by atoms with Crippen LogP contribution in [-0.2, 0) is 6.42 Å². The molecule has 1 unspecified atom stereocenters. The van der Waals surface area contributed by atoms with Crippen LogP contribution in [0.2, 0.25) is 0 Å². The van der Waals surface area contributed by atoms with Crippen molar-refractivity contribution >= 4 is 21.6 Å². The number of non-ortho nitro benzene ring substituents is 1. The van der Waals surface area contributed by atoms with Crippen LogP contribution in [0.3, 0.4) is 0 Å². The minimum absolute atomic E-state index is 0.103. The van der Waals surface area contributed by atoms with Crippen molar-refractivity contribution in [3.05, 3.63) is 33.9 Å². The van der Waals surface area contributed by atoms with Gasteiger partial charge in [-0.05, 0) is 43.2 Å². The first-order valence-corrected chi connectivity index (χ1v) is 7.98. The highest BCUT2D eigenvalue weighted by Gasteiger charge is 2.22. The number of ether oxygens (including phenoxy) is 1. The van der Waals surface area contributed by atoms with Crippen molar-refractivity contribution in [2.24, 2.45) is 5.92 Å². The molecule has 0 heterocycles. The Labute approximate surface area is 127 Å². The minimum Gasteiger partial charge on any atom is -0.496 e. The van der Waals surface area contributed by atoms with Gasteiger partial charge in [0.2, 0.25) is 0 Å². The zero-order chi connectivity index (χ0) is 14.5. The summed E-state index contributed by atoms with van der Waals surface area (Å²) in [6, 6.07) is 5.00. The summed E-state index contributed by atoms with van der Waals surface area (Å²) in [7, 11) is 1.54.